The molecule has 2 aromatic carbocycles. The first-order valence-electron chi connectivity index (χ1n) is 9.65. The van der Waals surface area contributed by atoms with Crippen LogP contribution in [0, 0.1) is 10.1 Å². The number of amides is 1. The standard InChI is InChI=1S/C21H21N5O4/c1-23-9-11-24(12-10-23)19(27)14-25-21(28)18-8-3-2-7-17(18)20(22-25)15-5-4-6-16(13-15)26(29)30/h2-8,13H,9-12,14H2,1H3. The molecule has 3 aromatic rings. The molecule has 1 amide bonds. The van der Waals surface area contributed by atoms with E-state index in [0.717, 1.165) is 17.8 Å². The van der Waals surface area contributed by atoms with Crippen molar-refractivity contribution in [2.75, 3.05) is 33.2 Å². The molecule has 1 aliphatic heterocycles. The van der Waals surface area contributed by atoms with E-state index in [0.29, 0.717) is 35.1 Å². The summed E-state index contributed by atoms with van der Waals surface area (Å²) in [6.45, 7) is 2.61. The summed E-state index contributed by atoms with van der Waals surface area (Å²) in [5.74, 6) is -0.169. The van der Waals surface area contributed by atoms with E-state index in [-0.39, 0.29) is 23.7 Å². The predicted molar refractivity (Wildman–Crippen MR) is 112 cm³/mol. The summed E-state index contributed by atoms with van der Waals surface area (Å²) in [6.07, 6.45) is 0. The van der Waals surface area contributed by atoms with Crippen molar-refractivity contribution in [2.24, 2.45) is 0 Å². The normalized spacial score (nSPS) is 14.8. The second-order valence-corrected chi connectivity index (χ2v) is 7.35. The number of nitro benzene ring substituents is 1. The maximum atomic E-state index is 13.0. The van der Waals surface area contributed by atoms with Gasteiger partial charge in [0.1, 0.15) is 6.54 Å². The van der Waals surface area contributed by atoms with Gasteiger partial charge in [0.15, 0.2) is 0 Å². The third-order valence-electron chi connectivity index (χ3n) is 5.34. The molecule has 0 radical (unpaired) electrons. The topological polar surface area (TPSA) is 102 Å². The maximum absolute atomic E-state index is 13.0. The fraction of sp³-hybridized carbons (Fsp3) is 0.286. The van der Waals surface area contributed by atoms with Crippen molar-refractivity contribution < 1.29 is 9.72 Å². The Kier molecular flexibility index (Phi) is 5.28. The third-order valence-corrected chi connectivity index (χ3v) is 5.34. The average Bonchev–Trinajstić information content (AvgIpc) is 2.76. The van der Waals surface area contributed by atoms with Crippen LogP contribution >= 0.6 is 0 Å². The van der Waals surface area contributed by atoms with E-state index in [4.69, 9.17) is 0 Å². The molecule has 2 heterocycles. The van der Waals surface area contributed by atoms with Gasteiger partial charge in [0.25, 0.3) is 11.2 Å². The molecule has 30 heavy (non-hydrogen) atoms. The van der Waals surface area contributed by atoms with Gasteiger partial charge in [-0.25, -0.2) is 4.68 Å². The monoisotopic (exact) mass is 407 g/mol. The van der Waals surface area contributed by atoms with E-state index in [1.165, 1.54) is 12.1 Å². The molecule has 1 aromatic heterocycles. The number of nitrogens with zero attached hydrogens (tertiary/aromatic N) is 5. The van der Waals surface area contributed by atoms with Gasteiger partial charge in [0.05, 0.1) is 16.0 Å². The van der Waals surface area contributed by atoms with Crippen LogP contribution in [-0.2, 0) is 11.3 Å². The highest BCUT2D eigenvalue weighted by Crippen LogP contribution is 2.27. The van der Waals surface area contributed by atoms with Crippen LogP contribution in [0.2, 0.25) is 0 Å². The number of piperazine rings is 1. The van der Waals surface area contributed by atoms with E-state index >= 15 is 0 Å². The number of non-ortho nitro benzene ring substituents is 1. The molecule has 0 N–H and O–H groups in total. The van der Waals surface area contributed by atoms with Crippen molar-refractivity contribution in [3.8, 4) is 11.3 Å². The van der Waals surface area contributed by atoms with Crippen molar-refractivity contribution in [3.05, 3.63) is 69.0 Å². The van der Waals surface area contributed by atoms with Crippen molar-refractivity contribution in [2.45, 2.75) is 6.54 Å². The zero-order valence-electron chi connectivity index (χ0n) is 16.5. The van der Waals surface area contributed by atoms with E-state index in [1.807, 2.05) is 7.05 Å². The van der Waals surface area contributed by atoms with E-state index in [9.17, 15) is 19.7 Å². The van der Waals surface area contributed by atoms with Crippen molar-refractivity contribution in [3.63, 3.8) is 0 Å². The van der Waals surface area contributed by atoms with E-state index < -0.39 is 4.92 Å². The quantitative estimate of drug-likeness (QED) is 0.482. The van der Waals surface area contributed by atoms with Gasteiger partial charge in [-0.05, 0) is 13.1 Å². The molecule has 0 unspecified atom stereocenters. The van der Waals surface area contributed by atoms with Gasteiger partial charge < -0.3 is 9.80 Å². The SMILES string of the molecule is CN1CCN(C(=O)Cn2nc(-c3cccc([N+](=O)[O-])c3)c3ccccc3c2=O)CC1. The number of nitro groups is 1. The Labute approximate surface area is 172 Å². The fourth-order valence-corrected chi connectivity index (χ4v) is 3.61. The van der Waals surface area contributed by atoms with Gasteiger partial charge in [0.2, 0.25) is 5.91 Å². The molecule has 0 aliphatic carbocycles. The fourth-order valence-electron chi connectivity index (χ4n) is 3.61. The zero-order chi connectivity index (χ0) is 21.3. The highest BCUT2D eigenvalue weighted by molar-refractivity contribution is 5.94. The van der Waals surface area contributed by atoms with Gasteiger partial charge in [-0.15, -0.1) is 0 Å². The molecule has 1 fully saturated rings. The first-order valence-corrected chi connectivity index (χ1v) is 9.65. The van der Waals surface area contributed by atoms with Crippen LogP contribution in [0.25, 0.3) is 22.0 Å². The minimum Gasteiger partial charge on any atom is -0.339 e. The molecule has 1 aliphatic rings. The van der Waals surface area contributed by atoms with Crippen LogP contribution in [0.4, 0.5) is 5.69 Å². The lowest BCUT2D eigenvalue weighted by molar-refractivity contribution is -0.384. The number of benzene rings is 2. The lowest BCUT2D eigenvalue weighted by Crippen LogP contribution is -2.48. The summed E-state index contributed by atoms with van der Waals surface area (Å²) in [5.41, 5.74) is 0.521. The first-order chi connectivity index (χ1) is 14.4. The lowest BCUT2D eigenvalue weighted by Gasteiger charge is -2.32. The van der Waals surface area contributed by atoms with E-state index in [1.54, 1.807) is 41.3 Å². The number of fused-ring (bicyclic) bond motifs is 1. The Balaban J connectivity index is 1.77. The first kappa shape index (κ1) is 19.7. The minimum absolute atomic E-state index is 0.0651. The second-order valence-electron chi connectivity index (χ2n) is 7.35. The van der Waals surface area contributed by atoms with Crippen molar-refractivity contribution >= 4 is 22.4 Å². The van der Waals surface area contributed by atoms with Gasteiger partial charge >= 0.3 is 0 Å². The molecule has 154 valence electrons. The molecule has 0 spiro atoms. The smallest absolute Gasteiger partial charge is 0.275 e. The van der Waals surface area contributed by atoms with Gasteiger partial charge in [-0.2, -0.15) is 5.10 Å². The van der Waals surface area contributed by atoms with Crippen LogP contribution in [-0.4, -0.2) is 63.6 Å². The summed E-state index contributed by atoms with van der Waals surface area (Å²) in [5, 5.41) is 16.6. The predicted octanol–water partition coefficient (Wildman–Crippen LogP) is 1.75. The number of hydrogen-bond acceptors (Lipinski definition) is 6. The molecule has 0 atom stereocenters. The molecule has 0 bridgehead atoms. The molecular weight excluding hydrogens is 386 g/mol. The Morgan fingerprint density at radius 3 is 2.47 bits per heavy atom. The van der Waals surface area contributed by atoms with Crippen LogP contribution < -0.4 is 5.56 Å². The number of carbonyl (C=O) groups is 1. The Bertz CT molecular complexity index is 1180. The number of aromatic nitrogens is 2. The minimum atomic E-state index is -0.474. The Hall–Kier alpha value is -3.59. The molecule has 0 saturated carbocycles. The zero-order valence-corrected chi connectivity index (χ0v) is 16.5. The molecule has 9 heteroatoms. The van der Waals surface area contributed by atoms with Crippen molar-refractivity contribution in [1.29, 1.82) is 0 Å². The second kappa shape index (κ2) is 8.03. The van der Waals surface area contributed by atoms with E-state index in [2.05, 4.69) is 10.00 Å². The third kappa shape index (κ3) is 3.79. The summed E-state index contributed by atoms with van der Waals surface area (Å²) in [4.78, 5) is 40.3. The largest absolute Gasteiger partial charge is 0.339 e. The van der Waals surface area contributed by atoms with Crippen LogP contribution in [0.5, 0.6) is 0 Å². The Morgan fingerprint density at radius 1 is 1.07 bits per heavy atom. The number of likely N-dealkylation sites (N-methyl/N-ethyl adjacent to an activating group) is 1. The summed E-state index contributed by atoms with van der Waals surface area (Å²) in [7, 11) is 2.00. The summed E-state index contributed by atoms with van der Waals surface area (Å²) in [6, 6.07) is 13.1. The molecular formula is C21H21N5O4. The highest BCUT2D eigenvalue weighted by Gasteiger charge is 2.21. The van der Waals surface area contributed by atoms with Gasteiger partial charge in [0, 0.05) is 49.3 Å². The Morgan fingerprint density at radius 2 is 1.77 bits per heavy atom. The summed E-state index contributed by atoms with van der Waals surface area (Å²) < 4.78 is 1.16. The molecule has 9 nitrogen and oxygen atoms in total. The number of carbonyl (C=O) groups excluding carboxylic acids is 1. The highest BCUT2D eigenvalue weighted by atomic mass is 16.6. The number of rotatable bonds is 4. The number of hydrogen-bond donors (Lipinski definition) is 0. The average molecular weight is 407 g/mol. The van der Waals surface area contributed by atoms with Gasteiger partial charge in [-0.1, -0.05) is 30.3 Å². The van der Waals surface area contributed by atoms with Gasteiger partial charge in [-0.3, -0.25) is 19.7 Å². The molecule has 1 saturated heterocycles. The van der Waals surface area contributed by atoms with Crippen molar-refractivity contribution in [1.82, 2.24) is 19.6 Å². The maximum Gasteiger partial charge on any atom is 0.275 e. The van der Waals surface area contributed by atoms with Crippen LogP contribution in [0.3, 0.4) is 0 Å². The molecule has 4 rings (SSSR count). The lowest BCUT2D eigenvalue weighted by atomic mass is 10.0. The van der Waals surface area contributed by atoms with Crippen LogP contribution in [0.1, 0.15) is 0 Å². The summed E-state index contributed by atoms with van der Waals surface area (Å²) >= 11 is 0. The van der Waals surface area contributed by atoms with Crippen LogP contribution in [0.15, 0.2) is 53.3 Å².